The van der Waals surface area contributed by atoms with Crippen molar-refractivity contribution in [2.24, 2.45) is 34.5 Å². The van der Waals surface area contributed by atoms with E-state index in [2.05, 4.69) is 6.58 Å². The van der Waals surface area contributed by atoms with Crippen molar-refractivity contribution in [3.8, 4) is 0 Å². The van der Waals surface area contributed by atoms with Gasteiger partial charge in [-0.15, -0.1) is 0 Å². The molecule has 2 saturated heterocycles. The lowest BCUT2D eigenvalue weighted by Gasteiger charge is -2.49. The van der Waals surface area contributed by atoms with Crippen LogP contribution in [0.5, 0.6) is 0 Å². The summed E-state index contributed by atoms with van der Waals surface area (Å²) in [6.07, 6.45) is 2.08. The largest absolute Gasteiger partial charge is 0.462 e. The lowest BCUT2D eigenvalue weighted by molar-refractivity contribution is -0.159. The van der Waals surface area contributed by atoms with Crippen LogP contribution in [0.1, 0.15) is 66.7 Å². The normalized spacial score (nSPS) is 47.0. The summed E-state index contributed by atoms with van der Waals surface area (Å²) in [7, 11) is 0. The number of hydrogen-bond donors (Lipinski definition) is 1. The highest BCUT2D eigenvalue weighted by molar-refractivity contribution is 6.09. The Hall–Kier alpha value is -3.00. The second-order valence-electron chi connectivity index (χ2n) is 13.7. The molecule has 8 heteroatoms. The average Bonchev–Trinajstić information content (AvgIpc) is 3.54. The monoisotopic (exact) mass is 548 g/mol. The number of allylic oxidation sites excluding steroid dienone is 1. The van der Waals surface area contributed by atoms with Crippen molar-refractivity contribution in [3.63, 3.8) is 0 Å². The first-order valence-corrected chi connectivity index (χ1v) is 14.4. The first kappa shape index (κ1) is 25.9. The van der Waals surface area contributed by atoms with Crippen molar-refractivity contribution in [2.75, 3.05) is 0 Å². The van der Waals surface area contributed by atoms with E-state index in [0.717, 1.165) is 22.3 Å². The molecule has 1 N–H and O–H groups in total. The number of hydrogen-bond acceptors (Lipinski definition) is 8. The topological polar surface area (TPSA) is 116 Å². The fourth-order valence-electron chi connectivity index (χ4n) is 10.3. The molecule has 1 spiro atoms. The maximum Gasteiger partial charge on any atom is 0.334 e. The maximum absolute atomic E-state index is 14.4. The molecular weight excluding hydrogens is 512 g/mol. The van der Waals surface area contributed by atoms with E-state index >= 15 is 0 Å². The van der Waals surface area contributed by atoms with Gasteiger partial charge in [0, 0.05) is 41.7 Å². The first-order valence-electron chi connectivity index (χ1n) is 14.4. The number of ketones is 1. The summed E-state index contributed by atoms with van der Waals surface area (Å²) in [4.78, 5) is 52.7. The SMILES string of the molecule is C=C1C(=O)O[C@@H]2C3=C([C@H]4C[C@@]5(C(=O)O[C@@H]6[C@H]7C(C)=CC(=O)C7=C(C)C[C@H](OC(C)=O)[C@H]65)[C@]3(C)C4)[C@](C)(O)CC[C@@H]12. The Labute approximate surface area is 233 Å². The number of ether oxygens (including phenoxy) is 3. The van der Waals surface area contributed by atoms with Gasteiger partial charge in [-0.05, 0) is 69.6 Å². The predicted molar refractivity (Wildman–Crippen MR) is 141 cm³/mol. The van der Waals surface area contributed by atoms with E-state index in [9.17, 15) is 24.3 Å². The third-order valence-electron chi connectivity index (χ3n) is 11.6. The summed E-state index contributed by atoms with van der Waals surface area (Å²) in [5.74, 6) is -2.64. The molecule has 0 amide bonds. The smallest absolute Gasteiger partial charge is 0.334 e. The van der Waals surface area contributed by atoms with Crippen LogP contribution in [-0.4, -0.2) is 52.7 Å². The summed E-state index contributed by atoms with van der Waals surface area (Å²) >= 11 is 0. The predicted octanol–water partition coefficient (Wildman–Crippen LogP) is 3.68. The standard InChI is InChI=1S/C32H36O8/c1-13-9-19(34)21-14(2)10-20(38-16(4)33)24-27(22(13)21)40-29(36)32(24)12-17-11-30(32,5)25-23(17)31(6,37)8-7-18-15(3)28(35)39-26(18)25/h9,17-18,20,22,24,26-27,37H,3,7-8,10-12H2,1-2,4-6H3/t17-,18+,20+,22+,24-,26+,27-,30-,31-,32-/m1/s1. The molecule has 40 heavy (non-hydrogen) atoms. The van der Waals surface area contributed by atoms with Crippen molar-refractivity contribution >= 4 is 23.7 Å². The Morgan fingerprint density at radius 2 is 1.85 bits per heavy atom. The van der Waals surface area contributed by atoms with Crippen LogP contribution in [0.3, 0.4) is 0 Å². The van der Waals surface area contributed by atoms with E-state index < -0.39 is 58.5 Å². The minimum Gasteiger partial charge on any atom is -0.462 e. The molecule has 0 radical (unpaired) electrons. The van der Waals surface area contributed by atoms with E-state index in [1.165, 1.54) is 6.92 Å². The average molecular weight is 549 g/mol. The zero-order chi connectivity index (χ0) is 28.7. The molecule has 3 fully saturated rings. The number of carbonyl (C=O) groups is 4. The molecule has 5 aliphatic carbocycles. The Morgan fingerprint density at radius 3 is 2.55 bits per heavy atom. The Bertz CT molecular complexity index is 1430. The van der Waals surface area contributed by atoms with Gasteiger partial charge in [-0.1, -0.05) is 24.6 Å². The van der Waals surface area contributed by atoms with Crippen molar-refractivity contribution < 1.29 is 38.5 Å². The van der Waals surface area contributed by atoms with Gasteiger partial charge >= 0.3 is 17.9 Å². The molecule has 2 aliphatic heterocycles. The fraction of sp³-hybridized carbons (Fsp3) is 0.625. The molecule has 0 aromatic carbocycles. The van der Waals surface area contributed by atoms with Crippen LogP contribution in [0.2, 0.25) is 0 Å². The number of esters is 3. The highest BCUT2D eigenvalue weighted by Crippen LogP contribution is 2.76. The van der Waals surface area contributed by atoms with Crippen LogP contribution in [-0.2, 0) is 33.4 Å². The van der Waals surface area contributed by atoms with Crippen LogP contribution in [0.25, 0.3) is 0 Å². The number of rotatable bonds is 1. The van der Waals surface area contributed by atoms with Gasteiger partial charge in [0.05, 0.1) is 16.9 Å². The van der Waals surface area contributed by atoms with Gasteiger partial charge < -0.3 is 19.3 Å². The summed E-state index contributed by atoms with van der Waals surface area (Å²) in [5, 5.41) is 11.8. The summed E-state index contributed by atoms with van der Waals surface area (Å²) in [6.45, 7) is 13.1. The quantitative estimate of drug-likeness (QED) is 0.228. The fourth-order valence-corrected chi connectivity index (χ4v) is 10.3. The molecule has 2 heterocycles. The Kier molecular flexibility index (Phi) is 5.08. The van der Waals surface area contributed by atoms with E-state index in [4.69, 9.17) is 14.2 Å². The molecule has 2 bridgehead atoms. The van der Waals surface area contributed by atoms with Crippen LogP contribution < -0.4 is 0 Å². The number of fused-ring (bicyclic) bond motifs is 11. The highest BCUT2D eigenvalue weighted by atomic mass is 16.6. The minimum atomic E-state index is -1.11. The van der Waals surface area contributed by atoms with Gasteiger partial charge in [0.2, 0.25) is 0 Å². The van der Waals surface area contributed by atoms with E-state index in [1.54, 1.807) is 6.08 Å². The lowest BCUT2D eigenvalue weighted by Crippen LogP contribution is -2.54. The summed E-state index contributed by atoms with van der Waals surface area (Å²) < 4.78 is 18.3. The Morgan fingerprint density at radius 1 is 1.12 bits per heavy atom. The van der Waals surface area contributed by atoms with Gasteiger partial charge in [-0.25, -0.2) is 4.79 Å². The van der Waals surface area contributed by atoms with Gasteiger partial charge in [0.15, 0.2) is 5.78 Å². The molecule has 0 aromatic rings. The molecule has 10 atom stereocenters. The second kappa shape index (κ2) is 7.84. The molecule has 8 nitrogen and oxygen atoms in total. The number of carbonyl (C=O) groups excluding carboxylic acids is 4. The van der Waals surface area contributed by atoms with E-state index in [0.29, 0.717) is 43.3 Å². The molecule has 7 rings (SSSR count). The van der Waals surface area contributed by atoms with Crippen molar-refractivity contribution in [1.29, 1.82) is 0 Å². The summed E-state index contributed by atoms with van der Waals surface area (Å²) in [6, 6.07) is 0. The van der Waals surface area contributed by atoms with Crippen molar-refractivity contribution in [2.45, 2.75) is 90.6 Å². The third-order valence-corrected chi connectivity index (χ3v) is 11.6. The third kappa shape index (κ3) is 2.91. The van der Waals surface area contributed by atoms with Gasteiger partial charge in [0.25, 0.3) is 0 Å². The zero-order valence-electron chi connectivity index (χ0n) is 23.7. The molecule has 1 saturated carbocycles. The minimum absolute atomic E-state index is 0.0811. The second-order valence-corrected chi connectivity index (χ2v) is 13.7. The first-order chi connectivity index (χ1) is 18.7. The van der Waals surface area contributed by atoms with Gasteiger partial charge in [0.1, 0.15) is 18.3 Å². The van der Waals surface area contributed by atoms with Crippen molar-refractivity contribution in [1.82, 2.24) is 0 Å². The number of aliphatic hydroxyl groups is 1. The van der Waals surface area contributed by atoms with Crippen LogP contribution in [0.15, 0.2) is 46.1 Å². The maximum atomic E-state index is 14.4. The van der Waals surface area contributed by atoms with Crippen LogP contribution in [0, 0.1) is 34.5 Å². The van der Waals surface area contributed by atoms with Crippen LogP contribution in [0.4, 0.5) is 0 Å². The zero-order valence-corrected chi connectivity index (χ0v) is 23.7. The molecule has 212 valence electrons. The van der Waals surface area contributed by atoms with E-state index in [-0.39, 0.29) is 23.6 Å². The molecule has 0 aromatic heterocycles. The molecule has 7 aliphatic rings. The van der Waals surface area contributed by atoms with Gasteiger partial charge in [-0.2, -0.15) is 0 Å². The van der Waals surface area contributed by atoms with Crippen molar-refractivity contribution in [3.05, 3.63) is 46.1 Å². The Balaban J connectivity index is 1.44. The summed E-state index contributed by atoms with van der Waals surface area (Å²) in [5.41, 5.74) is 1.43. The highest BCUT2D eigenvalue weighted by Gasteiger charge is 2.78. The van der Waals surface area contributed by atoms with Gasteiger partial charge in [-0.3, -0.25) is 14.4 Å². The molecular formula is C32H36O8. The van der Waals surface area contributed by atoms with E-state index in [1.807, 2.05) is 27.7 Å². The van der Waals surface area contributed by atoms with Crippen LogP contribution >= 0.6 is 0 Å². The molecule has 0 unspecified atom stereocenters. The lowest BCUT2D eigenvalue weighted by atomic mass is 9.52.